The van der Waals surface area contributed by atoms with Crippen LogP contribution in [-0.2, 0) is 9.53 Å². The number of hydrogen-bond donors (Lipinski definition) is 0. The van der Waals surface area contributed by atoms with Crippen LogP contribution in [0.25, 0.3) is 0 Å². The van der Waals surface area contributed by atoms with E-state index in [9.17, 15) is 4.79 Å². The maximum Gasteiger partial charge on any atom is 0.305 e. The van der Waals surface area contributed by atoms with Crippen molar-refractivity contribution >= 4 is 17.7 Å². The Morgan fingerprint density at radius 3 is 2.07 bits per heavy atom. The van der Waals surface area contributed by atoms with Gasteiger partial charge in [0.2, 0.25) is 0 Å². The van der Waals surface area contributed by atoms with Gasteiger partial charge < -0.3 is 14.2 Å². The molecule has 4 nitrogen and oxygen atoms in total. The maximum atomic E-state index is 11.2. The summed E-state index contributed by atoms with van der Waals surface area (Å²) in [4.78, 5) is 12.5. The number of hydrogen-bond acceptors (Lipinski definition) is 5. The third kappa shape index (κ3) is 10.6. The van der Waals surface area contributed by atoms with Crippen molar-refractivity contribution in [3.8, 4) is 11.5 Å². The summed E-state index contributed by atoms with van der Waals surface area (Å²) in [6, 6.07) is 17.8. The Morgan fingerprint density at radius 1 is 0.889 bits per heavy atom. The van der Waals surface area contributed by atoms with Crippen LogP contribution < -0.4 is 9.47 Å². The molecule has 2 aromatic rings. The number of esters is 1. The summed E-state index contributed by atoms with van der Waals surface area (Å²) in [5.41, 5.74) is 0. The Hall–Kier alpha value is -2.14. The van der Waals surface area contributed by atoms with E-state index in [1.165, 1.54) is 4.90 Å². The Kier molecular flexibility index (Phi) is 12.7. The number of carbonyl (C=O) groups excluding carboxylic acids is 1. The molecule has 0 aliphatic carbocycles. The van der Waals surface area contributed by atoms with Crippen molar-refractivity contribution in [3.63, 3.8) is 0 Å². The molecular formula is C22H30O4S. The minimum absolute atomic E-state index is 0.178. The Balaban J connectivity index is 0.00000176. The second kappa shape index (κ2) is 15.0. The lowest BCUT2D eigenvalue weighted by molar-refractivity contribution is -0.143. The molecule has 0 saturated heterocycles. The monoisotopic (exact) mass is 390 g/mol. The van der Waals surface area contributed by atoms with Gasteiger partial charge in [-0.3, -0.25) is 4.79 Å². The van der Waals surface area contributed by atoms with Crippen molar-refractivity contribution < 1.29 is 19.0 Å². The molecule has 27 heavy (non-hydrogen) atoms. The zero-order valence-electron chi connectivity index (χ0n) is 16.5. The van der Waals surface area contributed by atoms with Crippen LogP contribution in [0.2, 0.25) is 0 Å². The Labute approximate surface area is 167 Å². The molecule has 0 N–H and O–H groups in total. The maximum absolute atomic E-state index is 11.2. The van der Waals surface area contributed by atoms with E-state index in [1.54, 1.807) is 18.7 Å². The van der Waals surface area contributed by atoms with Crippen molar-refractivity contribution in [1.29, 1.82) is 0 Å². The lowest BCUT2D eigenvalue weighted by atomic mass is 10.3. The average Bonchev–Trinajstić information content (AvgIpc) is 2.72. The molecule has 0 radical (unpaired) electrons. The normalized spacial score (nSPS) is 9.74. The van der Waals surface area contributed by atoms with Gasteiger partial charge in [0.25, 0.3) is 0 Å². The number of rotatable bonds is 11. The van der Waals surface area contributed by atoms with Gasteiger partial charge in [-0.1, -0.05) is 32.0 Å². The van der Waals surface area contributed by atoms with Crippen LogP contribution in [0, 0.1) is 0 Å². The lowest BCUT2D eigenvalue weighted by Crippen LogP contribution is -2.06. The van der Waals surface area contributed by atoms with E-state index in [4.69, 9.17) is 14.2 Å². The van der Waals surface area contributed by atoms with Crippen LogP contribution in [0.15, 0.2) is 59.5 Å². The molecule has 0 aliphatic rings. The van der Waals surface area contributed by atoms with Gasteiger partial charge in [0, 0.05) is 17.1 Å². The Bertz CT molecular complexity index is 614. The molecule has 0 aliphatic heterocycles. The van der Waals surface area contributed by atoms with Crippen molar-refractivity contribution in [2.45, 2.75) is 38.5 Å². The molecule has 2 rings (SSSR count). The second-order valence-electron chi connectivity index (χ2n) is 5.24. The van der Waals surface area contributed by atoms with Crippen LogP contribution in [0.3, 0.4) is 0 Å². The quantitative estimate of drug-likeness (QED) is 0.284. The molecule has 0 heterocycles. The molecule has 148 valence electrons. The highest BCUT2D eigenvalue weighted by atomic mass is 32.2. The van der Waals surface area contributed by atoms with Crippen LogP contribution in [0.5, 0.6) is 11.5 Å². The summed E-state index contributed by atoms with van der Waals surface area (Å²) >= 11 is 1.77. The van der Waals surface area contributed by atoms with Gasteiger partial charge >= 0.3 is 5.97 Å². The summed E-state index contributed by atoms with van der Waals surface area (Å²) in [6.07, 6.45) is 1.03. The summed E-state index contributed by atoms with van der Waals surface area (Å²) in [5, 5.41) is 0. The number of thioether (sulfide) groups is 1. The topological polar surface area (TPSA) is 44.8 Å². The van der Waals surface area contributed by atoms with Crippen LogP contribution in [-0.4, -0.2) is 31.5 Å². The first-order valence-electron chi connectivity index (χ1n) is 9.47. The standard InChI is InChI=1S/C20H24O4S.C2H6/c1-2-22-20(21)9-6-14-23-17-10-12-18(13-11-17)24-15-16-25-19-7-4-3-5-8-19;1-2/h3-5,7-8,10-13H,2,6,9,14-16H2,1H3;1-2H3. The van der Waals surface area contributed by atoms with Crippen LogP contribution in [0.1, 0.15) is 33.6 Å². The molecule has 0 saturated carbocycles. The van der Waals surface area contributed by atoms with Gasteiger partial charge in [0.15, 0.2) is 0 Å². The molecule has 0 fully saturated rings. The fourth-order valence-electron chi connectivity index (χ4n) is 2.11. The third-order valence-electron chi connectivity index (χ3n) is 3.29. The fourth-order valence-corrected chi connectivity index (χ4v) is 2.86. The first kappa shape index (κ1) is 22.9. The third-order valence-corrected chi connectivity index (χ3v) is 4.26. The lowest BCUT2D eigenvalue weighted by Gasteiger charge is -2.09. The van der Waals surface area contributed by atoms with Gasteiger partial charge in [-0.05, 0) is 49.7 Å². The highest BCUT2D eigenvalue weighted by Crippen LogP contribution is 2.20. The van der Waals surface area contributed by atoms with Gasteiger partial charge in [-0.25, -0.2) is 0 Å². The molecule has 0 unspecified atom stereocenters. The first-order chi connectivity index (χ1) is 13.3. The summed E-state index contributed by atoms with van der Waals surface area (Å²) in [6.45, 7) is 7.37. The number of benzene rings is 2. The molecule has 0 atom stereocenters. The largest absolute Gasteiger partial charge is 0.494 e. The van der Waals surface area contributed by atoms with E-state index in [0.717, 1.165) is 17.3 Å². The van der Waals surface area contributed by atoms with Gasteiger partial charge in [-0.15, -0.1) is 11.8 Å². The summed E-state index contributed by atoms with van der Waals surface area (Å²) in [7, 11) is 0. The molecule has 0 bridgehead atoms. The summed E-state index contributed by atoms with van der Waals surface area (Å²) < 4.78 is 16.2. The highest BCUT2D eigenvalue weighted by molar-refractivity contribution is 7.99. The van der Waals surface area contributed by atoms with Gasteiger partial charge in [-0.2, -0.15) is 0 Å². The van der Waals surface area contributed by atoms with Gasteiger partial charge in [0.1, 0.15) is 11.5 Å². The zero-order valence-corrected chi connectivity index (χ0v) is 17.3. The predicted molar refractivity (Wildman–Crippen MR) is 112 cm³/mol. The van der Waals surface area contributed by atoms with Crippen LogP contribution >= 0.6 is 11.8 Å². The smallest absolute Gasteiger partial charge is 0.305 e. The van der Waals surface area contributed by atoms with E-state index in [2.05, 4.69) is 12.1 Å². The van der Waals surface area contributed by atoms with Crippen LogP contribution in [0.4, 0.5) is 0 Å². The van der Waals surface area contributed by atoms with Crippen molar-refractivity contribution in [3.05, 3.63) is 54.6 Å². The second-order valence-corrected chi connectivity index (χ2v) is 6.41. The molecule has 0 aromatic heterocycles. The average molecular weight is 391 g/mol. The van der Waals surface area contributed by atoms with E-state index < -0.39 is 0 Å². The van der Waals surface area contributed by atoms with Crippen molar-refractivity contribution in [1.82, 2.24) is 0 Å². The van der Waals surface area contributed by atoms with Gasteiger partial charge in [0.05, 0.1) is 19.8 Å². The molecule has 0 spiro atoms. The van der Waals surface area contributed by atoms with Crippen molar-refractivity contribution in [2.75, 3.05) is 25.6 Å². The Morgan fingerprint density at radius 2 is 1.48 bits per heavy atom. The molecule has 2 aromatic carbocycles. The minimum atomic E-state index is -0.178. The molecular weight excluding hydrogens is 360 g/mol. The number of carbonyl (C=O) groups is 1. The molecule has 0 amide bonds. The van der Waals surface area contributed by atoms with Crippen molar-refractivity contribution in [2.24, 2.45) is 0 Å². The van der Waals surface area contributed by atoms with E-state index in [1.807, 2.05) is 56.3 Å². The van der Waals surface area contributed by atoms with E-state index in [0.29, 0.717) is 32.7 Å². The fraction of sp³-hybridized carbons (Fsp3) is 0.409. The first-order valence-corrected chi connectivity index (χ1v) is 10.5. The summed E-state index contributed by atoms with van der Waals surface area (Å²) in [5.74, 6) is 2.32. The minimum Gasteiger partial charge on any atom is -0.494 e. The van der Waals surface area contributed by atoms with E-state index >= 15 is 0 Å². The predicted octanol–water partition coefficient (Wildman–Crippen LogP) is 5.61. The highest BCUT2D eigenvalue weighted by Gasteiger charge is 2.02. The van der Waals surface area contributed by atoms with E-state index in [-0.39, 0.29) is 5.97 Å². The zero-order chi connectivity index (χ0) is 19.7. The SMILES string of the molecule is CC.CCOC(=O)CCCOc1ccc(OCCSc2ccccc2)cc1. The molecule has 5 heteroatoms. The number of ether oxygens (including phenoxy) is 3.